The summed E-state index contributed by atoms with van der Waals surface area (Å²) in [7, 11) is 0. The molecule has 0 unspecified atom stereocenters. The first kappa shape index (κ1) is 26.4. The fraction of sp³-hybridized carbons (Fsp3) is 0.320. The van der Waals surface area contributed by atoms with Crippen LogP contribution >= 0.6 is 0 Å². The molecule has 0 radical (unpaired) electrons. The average Bonchev–Trinajstić information content (AvgIpc) is 2.84. The van der Waals surface area contributed by atoms with E-state index in [1.54, 1.807) is 60.7 Å². The molecule has 2 heterocycles. The third-order valence-electron chi connectivity index (χ3n) is 6.23. The Labute approximate surface area is 206 Å². The number of hydrogen-bond donors (Lipinski definition) is 0. The van der Waals surface area contributed by atoms with Crippen LogP contribution in [0.1, 0.15) is 34.8 Å². The predicted molar refractivity (Wildman–Crippen MR) is 118 cm³/mol. The third-order valence-corrected chi connectivity index (χ3v) is 6.23. The molecule has 1 amide bonds. The van der Waals surface area contributed by atoms with Crippen molar-refractivity contribution >= 4 is 5.91 Å². The van der Waals surface area contributed by atoms with Crippen LogP contribution in [0, 0.1) is 12.0 Å². The van der Waals surface area contributed by atoms with Crippen LogP contribution in [0.3, 0.4) is 0 Å². The summed E-state index contributed by atoms with van der Waals surface area (Å²) in [6.45, 7) is -0.886. The van der Waals surface area contributed by atoms with Gasteiger partial charge in [0.15, 0.2) is 5.92 Å². The molecule has 196 valence electrons. The van der Waals surface area contributed by atoms with E-state index in [0.717, 1.165) is 9.47 Å². The van der Waals surface area contributed by atoms with Gasteiger partial charge in [-0.1, -0.05) is 60.7 Å². The van der Waals surface area contributed by atoms with E-state index in [-0.39, 0.29) is 24.2 Å². The summed E-state index contributed by atoms with van der Waals surface area (Å²) in [6, 6.07) is 16.3. The number of aromatic nitrogens is 2. The van der Waals surface area contributed by atoms with Gasteiger partial charge in [0.05, 0.1) is 18.3 Å². The molecule has 0 fully saturated rings. The largest absolute Gasteiger partial charge is 0.400 e. The zero-order valence-electron chi connectivity index (χ0n) is 19.1. The van der Waals surface area contributed by atoms with Crippen LogP contribution in [0.15, 0.2) is 65.5 Å². The Morgan fingerprint density at radius 3 is 1.89 bits per heavy atom. The van der Waals surface area contributed by atoms with E-state index in [1.165, 1.54) is 0 Å². The van der Waals surface area contributed by atoms with Gasteiger partial charge in [0, 0.05) is 18.5 Å². The third kappa shape index (κ3) is 5.52. The number of halogens is 7. The summed E-state index contributed by atoms with van der Waals surface area (Å²) < 4.78 is 93.6. The second-order valence-electron chi connectivity index (χ2n) is 8.61. The van der Waals surface area contributed by atoms with Crippen LogP contribution in [0.4, 0.5) is 30.7 Å². The van der Waals surface area contributed by atoms with Crippen LogP contribution < -0.4 is 5.56 Å². The molecule has 0 saturated carbocycles. The molecule has 5 nitrogen and oxygen atoms in total. The van der Waals surface area contributed by atoms with E-state index in [1.807, 2.05) is 0 Å². The molecule has 0 atom stereocenters. The lowest BCUT2D eigenvalue weighted by Gasteiger charge is -2.31. The Kier molecular flexibility index (Phi) is 7.11. The van der Waals surface area contributed by atoms with Crippen LogP contribution in [-0.2, 0) is 17.8 Å². The highest BCUT2D eigenvalue weighted by Crippen LogP contribution is 2.41. The Morgan fingerprint density at radius 1 is 0.892 bits per heavy atom. The number of fused-ring (bicyclic) bond motifs is 1. The zero-order valence-corrected chi connectivity index (χ0v) is 19.1. The fourth-order valence-corrected chi connectivity index (χ4v) is 4.39. The average molecular weight is 527 g/mol. The summed E-state index contributed by atoms with van der Waals surface area (Å²) in [5, 5.41) is 0. The summed E-state index contributed by atoms with van der Waals surface area (Å²) in [6.07, 6.45) is -14.6. The first-order chi connectivity index (χ1) is 17.4. The number of nitrogens with zero attached hydrogens (tertiary/aromatic N) is 3. The van der Waals surface area contributed by atoms with E-state index in [0.29, 0.717) is 11.1 Å². The second-order valence-corrected chi connectivity index (χ2v) is 8.61. The molecule has 1 aliphatic rings. The van der Waals surface area contributed by atoms with Gasteiger partial charge in [-0.3, -0.25) is 14.2 Å². The Morgan fingerprint density at radius 2 is 1.41 bits per heavy atom. The highest BCUT2D eigenvalue weighted by molar-refractivity contribution is 5.77. The van der Waals surface area contributed by atoms with Crippen LogP contribution in [0.2, 0.25) is 0 Å². The molecule has 0 bridgehead atoms. The minimum atomic E-state index is -5.66. The topological polar surface area (TPSA) is 55.2 Å². The molecule has 2 aromatic carbocycles. The molecule has 12 heteroatoms. The normalized spacial score (nSPS) is 14.2. The van der Waals surface area contributed by atoms with Crippen molar-refractivity contribution in [3.63, 3.8) is 0 Å². The molecule has 0 spiro atoms. The van der Waals surface area contributed by atoms with Gasteiger partial charge in [-0.05, 0) is 17.5 Å². The van der Waals surface area contributed by atoms with Crippen molar-refractivity contribution in [3.8, 4) is 0 Å². The molecule has 37 heavy (non-hydrogen) atoms. The number of rotatable bonds is 5. The van der Waals surface area contributed by atoms with Crippen molar-refractivity contribution in [2.24, 2.45) is 5.92 Å². The predicted octanol–water partition coefficient (Wildman–Crippen LogP) is 5.04. The summed E-state index contributed by atoms with van der Waals surface area (Å²) in [5.41, 5.74) is 0.291. The first-order valence-electron chi connectivity index (χ1n) is 11.2. The van der Waals surface area contributed by atoms with Gasteiger partial charge < -0.3 is 4.90 Å². The lowest BCUT2D eigenvalue weighted by molar-refractivity contribution is -0.284. The van der Waals surface area contributed by atoms with Crippen molar-refractivity contribution in [1.29, 1.82) is 0 Å². The van der Waals surface area contributed by atoms with Crippen molar-refractivity contribution in [2.75, 3.05) is 6.54 Å². The highest BCUT2D eigenvalue weighted by Gasteiger charge is 2.57. The molecular weight excluding hydrogens is 507 g/mol. The summed E-state index contributed by atoms with van der Waals surface area (Å²) >= 11 is 0. The summed E-state index contributed by atoms with van der Waals surface area (Å²) in [5.74, 6) is -5.24. The van der Waals surface area contributed by atoms with E-state index < -0.39 is 54.8 Å². The van der Waals surface area contributed by atoms with Crippen molar-refractivity contribution in [1.82, 2.24) is 14.5 Å². The van der Waals surface area contributed by atoms with Gasteiger partial charge in [-0.15, -0.1) is 0 Å². The summed E-state index contributed by atoms with van der Waals surface area (Å²) in [4.78, 5) is 30.3. The lowest BCUT2D eigenvalue weighted by atomic mass is 9.97. The van der Waals surface area contributed by atoms with Gasteiger partial charge in [-0.25, -0.2) is 4.98 Å². The molecule has 3 aromatic rings. The number of benzene rings is 2. The van der Waals surface area contributed by atoms with Crippen molar-refractivity contribution in [3.05, 3.63) is 99.5 Å². The molecule has 4 rings (SSSR count). The Bertz CT molecular complexity index is 1270. The lowest BCUT2D eigenvalue weighted by Crippen LogP contribution is -2.45. The number of carbonyl (C=O) groups is 1. The zero-order chi connectivity index (χ0) is 27.0. The van der Waals surface area contributed by atoms with Gasteiger partial charge >= 0.3 is 12.4 Å². The van der Waals surface area contributed by atoms with E-state index >= 15 is 4.39 Å². The Balaban J connectivity index is 1.68. The number of hydrogen-bond acceptors (Lipinski definition) is 3. The van der Waals surface area contributed by atoms with E-state index in [4.69, 9.17) is 0 Å². The number of amides is 1. The minimum absolute atomic E-state index is 0.0468. The maximum atomic E-state index is 15.4. The minimum Gasteiger partial charge on any atom is -0.336 e. The van der Waals surface area contributed by atoms with Crippen LogP contribution in [-0.4, -0.2) is 39.3 Å². The molecular formula is C25H20F7N3O2. The Hall–Kier alpha value is -3.70. The SMILES string of the molecule is O=C(CC(C(F)(F)F)C(F)(F)F)N1CCc2c(nc(F)n(C(c3ccccc3)c3ccccc3)c2=O)C1. The van der Waals surface area contributed by atoms with Gasteiger partial charge in [-0.2, -0.15) is 30.7 Å². The highest BCUT2D eigenvalue weighted by atomic mass is 19.4. The van der Waals surface area contributed by atoms with Crippen molar-refractivity contribution in [2.45, 2.75) is 37.8 Å². The molecule has 0 N–H and O–H groups in total. The molecule has 0 saturated heterocycles. The monoisotopic (exact) mass is 527 g/mol. The van der Waals surface area contributed by atoms with Gasteiger partial charge in [0.25, 0.3) is 11.6 Å². The fourth-order valence-electron chi connectivity index (χ4n) is 4.39. The van der Waals surface area contributed by atoms with E-state index in [2.05, 4.69) is 4.98 Å². The van der Waals surface area contributed by atoms with Crippen LogP contribution in [0.5, 0.6) is 0 Å². The molecule has 1 aliphatic heterocycles. The maximum Gasteiger partial charge on any atom is 0.400 e. The maximum absolute atomic E-state index is 15.4. The van der Waals surface area contributed by atoms with E-state index in [9.17, 15) is 35.9 Å². The van der Waals surface area contributed by atoms with Gasteiger partial charge in [0.1, 0.15) is 0 Å². The number of carbonyl (C=O) groups excluding carboxylic acids is 1. The smallest absolute Gasteiger partial charge is 0.336 e. The van der Waals surface area contributed by atoms with Gasteiger partial charge in [0.2, 0.25) is 5.91 Å². The van der Waals surface area contributed by atoms with Crippen LogP contribution in [0.25, 0.3) is 0 Å². The standard InChI is InChI=1S/C25H20F7N3O2/c26-23-33-18-14-34(20(36)13-19(24(27,28)29)25(30,31)32)12-11-17(18)22(37)35(23)21(15-7-3-1-4-8-15)16-9-5-2-6-10-16/h1-10,19,21H,11-14H2. The van der Waals surface area contributed by atoms with Crippen molar-refractivity contribution < 1.29 is 35.5 Å². The molecule has 0 aliphatic carbocycles. The first-order valence-corrected chi connectivity index (χ1v) is 11.2. The second kappa shape index (κ2) is 9.98. The number of alkyl halides is 6. The molecule has 1 aromatic heterocycles. The quantitative estimate of drug-likeness (QED) is 0.345.